The highest BCUT2D eigenvalue weighted by molar-refractivity contribution is 5.86. The van der Waals surface area contributed by atoms with Crippen LogP contribution in [0.4, 0.5) is 5.82 Å². The van der Waals surface area contributed by atoms with Crippen LogP contribution in [0.1, 0.15) is 25.0 Å². The Morgan fingerprint density at radius 2 is 2.00 bits per heavy atom. The maximum absolute atomic E-state index is 5.31. The molecule has 1 aromatic carbocycles. The molecule has 1 N–H and O–H groups in total. The van der Waals surface area contributed by atoms with E-state index in [1.54, 1.807) is 7.11 Å². The summed E-state index contributed by atoms with van der Waals surface area (Å²) in [6, 6.07) is 6.27. The van der Waals surface area contributed by atoms with Crippen LogP contribution in [0.25, 0.3) is 10.9 Å². The third kappa shape index (κ3) is 2.26. The standard InChI is InChI=1S/C15H20N2O/c1-5-11-8-12-9-13(18-4)7-10(3)14(12)17-15(11)16-6-2/h7-9H,5-6H2,1-4H3,(H,16,17). The van der Waals surface area contributed by atoms with Crippen molar-refractivity contribution in [2.24, 2.45) is 0 Å². The topological polar surface area (TPSA) is 34.2 Å². The highest BCUT2D eigenvalue weighted by Gasteiger charge is 2.08. The summed E-state index contributed by atoms with van der Waals surface area (Å²) < 4.78 is 5.31. The van der Waals surface area contributed by atoms with Gasteiger partial charge in [0.2, 0.25) is 0 Å². The van der Waals surface area contributed by atoms with Crippen molar-refractivity contribution in [2.45, 2.75) is 27.2 Å². The summed E-state index contributed by atoms with van der Waals surface area (Å²) >= 11 is 0. The average molecular weight is 244 g/mol. The molecule has 0 saturated heterocycles. The van der Waals surface area contributed by atoms with E-state index in [4.69, 9.17) is 9.72 Å². The van der Waals surface area contributed by atoms with Gasteiger partial charge in [-0.25, -0.2) is 4.98 Å². The Kier molecular flexibility index (Phi) is 3.70. The minimum atomic E-state index is 0.889. The Balaban J connectivity index is 2.66. The maximum atomic E-state index is 5.31. The van der Waals surface area contributed by atoms with E-state index in [0.717, 1.165) is 41.0 Å². The van der Waals surface area contributed by atoms with Crippen molar-refractivity contribution in [3.05, 3.63) is 29.3 Å². The minimum absolute atomic E-state index is 0.889. The zero-order valence-electron chi connectivity index (χ0n) is 11.5. The molecule has 0 atom stereocenters. The zero-order chi connectivity index (χ0) is 13.1. The first-order chi connectivity index (χ1) is 8.69. The van der Waals surface area contributed by atoms with Crippen molar-refractivity contribution in [1.29, 1.82) is 0 Å². The molecule has 0 aliphatic heterocycles. The van der Waals surface area contributed by atoms with E-state index < -0.39 is 0 Å². The van der Waals surface area contributed by atoms with Crippen molar-refractivity contribution in [3.63, 3.8) is 0 Å². The van der Waals surface area contributed by atoms with Gasteiger partial charge < -0.3 is 10.1 Å². The fourth-order valence-corrected chi connectivity index (χ4v) is 2.18. The number of hydrogen-bond donors (Lipinski definition) is 1. The molecule has 0 fully saturated rings. The number of nitrogens with one attached hydrogen (secondary N) is 1. The van der Waals surface area contributed by atoms with E-state index in [1.807, 2.05) is 12.1 Å². The van der Waals surface area contributed by atoms with Gasteiger partial charge in [-0.05, 0) is 49.6 Å². The van der Waals surface area contributed by atoms with Crippen molar-refractivity contribution < 1.29 is 4.74 Å². The molecule has 0 radical (unpaired) electrons. The fraction of sp³-hybridized carbons (Fsp3) is 0.400. The number of aromatic nitrogens is 1. The molecule has 0 aliphatic rings. The van der Waals surface area contributed by atoms with E-state index in [-0.39, 0.29) is 0 Å². The third-order valence-corrected chi connectivity index (χ3v) is 3.12. The zero-order valence-corrected chi connectivity index (χ0v) is 11.5. The lowest BCUT2D eigenvalue weighted by Crippen LogP contribution is -2.04. The smallest absolute Gasteiger partial charge is 0.129 e. The van der Waals surface area contributed by atoms with Gasteiger partial charge in [-0.2, -0.15) is 0 Å². The van der Waals surface area contributed by atoms with Gasteiger partial charge in [-0.3, -0.25) is 0 Å². The summed E-state index contributed by atoms with van der Waals surface area (Å²) in [4.78, 5) is 4.74. The highest BCUT2D eigenvalue weighted by atomic mass is 16.5. The van der Waals surface area contributed by atoms with E-state index in [0.29, 0.717) is 0 Å². The summed E-state index contributed by atoms with van der Waals surface area (Å²) in [6.07, 6.45) is 0.974. The Hall–Kier alpha value is -1.77. The molecule has 0 aliphatic carbocycles. The number of pyridine rings is 1. The lowest BCUT2D eigenvalue weighted by Gasteiger charge is -2.12. The number of rotatable bonds is 4. The molecule has 0 bridgehead atoms. The van der Waals surface area contributed by atoms with Crippen LogP contribution in [0.5, 0.6) is 5.75 Å². The molecule has 3 heteroatoms. The van der Waals surface area contributed by atoms with Crippen LogP contribution >= 0.6 is 0 Å². The van der Waals surface area contributed by atoms with Gasteiger partial charge in [0, 0.05) is 11.9 Å². The molecule has 2 rings (SSSR count). The second-order valence-corrected chi connectivity index (χ2v) is 4.40. The normalized spacial score (nSPS) is 10.7. The number of hydrogen-bond acceptors (Lipinski definition) is 3. The Labute approximate surface area is 108 Å². The van der Waals surface area contributed by atoms with Gasteiger partial charge in [0.25, 0.3) is 0 Å². The lowest BCUT2D eigenvalue weighted by molar-refractivity contribution is 0.415. The third-order valence-electron chi connectivity index (χ3n) is 3.12. The first kappa shape index (κ1) is 12.7. The number of benzene rings is 1. The van der Waals surface area contributed by atoms with Crippen molar-refractivity contribution in [1.82, 2.24) is 4.98 Å². The molecule has 1 heterocycles. The monoisotopic (exact) mass is 244 g/mol. The average Bonchev–Trinajstić information content (AvgIpc) is 2.38. The van der Waals surface area contributed by atoms with Crippen LogP contribution in [0, 0.1) is 6.92 Å². The molecule has 1 aromatic heterocycles. The predicted octanol–water partition coefficient (Wildman–Crippen LogP) is 3.55. The van der Waals surface area contributed by atoms with Crippen molar-refractivity contribution >= 4 is 16.7 Å². The van der Waals surface area contributed by atoms with Crippen LogP contribution in [0.3, 0.4) is 0 Å². The quantitative estimate of drug-likeness (QED) is 0.893. The van der Waals surface area contributed by atoms with Gasteiger partial charge in [0.05, 0.1) is 12.6 Å². The molecule has 3 nitrogen and oxygen atoms in total. The Morgan fingerprint density at radius 3 is 2.61 bits per heavy atom. The number of fused-ring (bicyclic) bond motifs is 1. The van der Waals surface area contributed by atoms with Gasteiger partial charge in [-0.15, -0.1) is 0 Å². The van der Waals surface area contributed by atoms with Crippen LogP contribution in [0.15, 0.2) is 18.2 Å². The van der Waals surface area contributed by atoms with E-state index >= 15 is 0 Å². The van der Waals surface area contributed by atoms with Crippen molar-refractivity contribution in [3.8, 4) is 5.75 Å². The molecule has 0 saturated carbocycles. The second-order valence-electron chi connectivity index (χ2n) is 4.40. The first-order valence-corrected chi connectivity index (χ1v) is 6.41. The van der Waals surface area contributed by atoms with Crippen LogP contribution < -0.4 is 10.1 Å². The molecule has 0 amide bonds. The highest BCUT2D eigenvalue weighted by Crippen LogP contribution is 2.27. The molecule has 18 heavy (non-hydrogen) atoms. The molecule has 2 aromatic rings. The largest absolute Gasteiger partial charge is 0.497 e. The number of ether oxygens (including phenoxy) is 1. The molecule has 96 valence electrons. The van der Waals surface area contributed by atoms with Gasteiger partial charge >= 0.3 is 0 Å². The minimum Gasteiger partial charge on any atom is -0.497 e. The number of aryl methyl sites for hydroxylation is 2. The summed E-state index contributed by atoms with van der Waals surface area (Å²) in [6.45, 7) is 7.20. The summed E-state index contributed by atoms with van der Waals surface area (Å²) in [5, 5.41) is 4.48. The number of methoxy groups -OCH3 is 1. The van der Waals surface area contributed by atoms with E-state index in [1.165, 1.54) is 5.56 Å². The molecular formula is C15H20N2O. The van der Waals surface area contributed by atoms with Gasteiger partial charge in [-0.1, -0.05) is 6.92 Å². The lowest BCUT2D eigenvalue weighted by atomic mass is 10.1. The van der Waals surface area contributed by atoms with Crippen LogP contribution in [-0.4, -0.2) is 18.6 Å². The molecule has 0 unspecified atom stereocenters. The number of anilines is 1. The van der Waals surface area contributed by atoms with E-state index in [2.05, 4.69) is 32.2 Å². The fourth-order valence-electron chi connectivity index (χ4n) is 2.18. The SMILES string of the molecule is CCNc1nc2c(C)cc(OC)cc2cc1CC. The predicted molar refractivity (Wildman–Crippen MR) is 76.6 cm³/mol. The summed E-state index contributed by atoms with van der Waals surface area (Å²) in [5.41, 5.74) is 3.44. The van der Waals surface area contributed by atoms with E-state index in [9.17, 15) is 0 Å². The van der Waals surface area contributed by atoms with Crippen LogP contribution in [-0.2, 0) is 6.42 Å². The molecule has 0 spiro atoms. The second kappa shape index (κ2) is 5.25. The summed E-state index contributed by atoms with van der Waals surface area (Å²) in [7, 11) is 1.70. The summed E-state index contributed by atoms with van der Waals surface area (Å²) in [5.74, 6) is 1.89. The molecular weight excluding hydrogens is 224 g/mol. The number of nitrogens with zero attached hydrogens (tertiary/aromatic N) is 1. The van der Waals surface area contributed by atoms with Gasteiger partial charge in [0.1, 0.15) is 11.6 Å². The maximum Gasteiger partial charge on any atom is 0.129 e. The Morgan fingerprint density at radius 1 is 1.22 bits per heavy atom. The first-order valence-electron chi connectivity index (χ1n) is 6.41. The Bertz CT molecular complexity index is 564. The van der Waals surface area contributed by atoms with Gasteiger partial charge in [0.15, 0.2) is 0 Å². The van der Waals surface area contributed by atoms with Crippen LogP contribution in [0.2, 0.25) is 0 Å². The van der Waals surface area contributed by atoms with Crippen molar-refractivity contribution in [2.75, 3.05) is 19.0 Å².